The molecule has 0 heterocycles. The van der Waals surface area contributed by atoms with Crippen LogP contribution in [0.25, 0.3) is 0 Å². The molecule has 1 aliphatic carbocycles. The molecule has 0 saturated heterocycles. The summed E-state index contributed by atoms with van der Waals surface area (Å²) in [5.41, 5.74) is 1.04. The van der Waals surface area contributed by atoms with Gasteiger partial charge < -0.3 is 5.11 Å². The molecular weight excluding hydrogens is 207 g/mol. The van der Waals surface area contributed by atoms with Gasteiger partial charge in [0, 0.05) is 5.92 Å². The predicted molar refractivity (Wildman–Crippen MR) is 58.8 cm³/mol. The number of carbonyl (C=O) groups is 1. The molecule has 0 unspecified atom stereocenters. The monoisotopic (exact) mass is 222 g/mol. The van der Waals surface area contributed by atoms with Crippen molar-refractivity contribution in [2.75, 3.05) is 0 Å². The van der Waals surface area contributed by atoms with E-state index in [0.717, 1.165) is 5.56 Å². The third-order valence-electron chi connectivity index (χ3n) is 3.58. The lowest BCUT2D eigenvalue weighted by Gasteiger charge is -2.05. The minimum absolute atomic E-state index is 0.203. The Bertz CT molecular complexity index is 451. The Kier molecular flexibility index (Phi) is 2.30. The lowest BCUT2D eigenvalue weighted by Crippen LogP contribution is -2.03. The Balaban J connectivity index is 2.37. The van der Waals surface area contributed by atoms with E-state index in [1.807, 2.05) is 26.8 Å². The molecule has 1 fully saturated rings. The van der Waals surface area contributed by atoms with Gasteiger partial charge in [-0.3, -0.25) is 4.79 Å². The zero-order valence-electron chi connectivity index (χ0n) is 9.62. The van der Waals surface area contributed by atoms with Crippen LogP contribution in [0.1, 0.15) is 30.9 Å². The van der Waals surface area contributed by atoms with Gasteiger partial charge >= 0.3 is 5.97 Å². The SMILES string of the molecule is Cc1ccc([C@@H]2[C@@H](C(=O)O)C2(C)C)c(F)c1. The van der Waals surface area contributed by atoms with Crippen LogP contribution in [0.15, 0.2) is 18.2 Å². The number of hydrogen-bond acceptors (Lipinski definition) is 1. The first-order chi connectivity index (χ1) is 7.35. The van der Waals surface area contributed by atoms with Crippen molar-refractivity contribution in [1.82, 2.24) is 0 Å². The summed E-state index contributed by atoms with van der Waals surface area (Å²) < 4.78 is 13.7. The quantitative estimate of drug-likeness (QED) is 0.835. The first-order valence-electron chi connectivity index (χ1n) is 5.34. The molecule has 1 aromatic carbocycles. The fourth-order valence-electron chi connectivity index (χ4n) is 2.56. The summed E-state index contributed by atoms with van der Waals surface area (Å²) in [5, 5.41) is 9.04. The number of carboxylic acid groups (broad SMARTS) is 1. The summed E-state index contributed by atoms with van der Waals surface area (Å²) in [6, 6.07) is 4.99. The van der Waals surface area contributed by atoms with Crippen LogP contribution >= 0.6 is 0 Å². The highest BCUT2D eigenvalue weighted by atomic mass is 19.1. The molecule has 2 rings (SSSR count). The fourth-order valence-corrected chi connectivity index (χ4v) is 2.56. The second-order valence-corrected chi connectivity index (χ2v) is 5.14. The molecule has 1 N–H and O–H groups in total. The van der Waals surface area contributed by atoms with Gasteiger partial charge in [-0.2, -0.15) is 0 Å². The van der Waals surface area contributed by atoms with Crippen LogP contribution in [0.2, 0.25) is 0 Å². The van der Waals surface area contributed by atoms with Gasteiger partial charge in [-0.1, -0.05) is 26.0 Å². The van der Waals surface area contributed by atoms with Crippen molar-refractivity contribution >= 4 is 5.97 Å². The molecule has 86 valence electrons. The Morgan fingerprint density at radius 3 is 2.50 bits per heavy atom. The summed E-state index contributed by atoms with van der Waals surface area (Å²) in [7, 11) is 0. The van der Waals surface area contributed by atoms with Gasteiger partial charge in [-0.15, -0.1) is 0 Å². The number of halogens is 1. The van der Waals surface area contributed by atoms with Crippen LogP contribution in [0, 0.1) is 24.1 Å². The maximum Gasteiger partial charge on any atom is 0.307 e. The highest BCUT2D eigenvalue weighted by molar-refractivity contribution is 5.77. The summed E-state index contributed by atoms with van der Waals surface area (Å²) >= 11 is 0. The van der Waals surface area contributed by atoms with E-state index in [0.29, 0.717) is 5.56 Å². The summed E-state index contributed by atoms with van der Waals surface area (Å²) in [6.07, 6.45) is 0. The Morgan fingerprint density at radius 2 is 2.06 bits per heavy atom. The minimum Gasteiger partial charge on any atom is -0.481 e. The molecule has 0 aliphatic heterocycles. The number of aliphatic carboxylic acids is 1. The normalized spacial score (nSPS) is 26.5. The molecule has 0 amide bonds. The summed E-state index contributed by atoms with van der Waals surface area (Å²) in [6.45, 7) is 5.56. The van der Waals surface area contributed by atoms with E-state index in [-0.39, 0.29) is 17.2 Å². The Hall–Kier alpha value is -1.38. The summed E-state index contributed by atoms with van der Waals surface area (Å²) in [5.74, 6) is -1.80. The van der Waals surface area contributed by atoms with Crippen molar-refractivity contribution in [1.29, 1.82) is 0 Å². The smallest absolute Gasteiger partial charge is 0.307 e. The first kappa shape index (κ1) is 11.1. The molecule has 16 heavy (non-hydrogen) atoms. The summed E-state index contributed by atoms with van der Waals surface area (Å²) in [4.78, 5) is 11.0. The maximum absolute atomic E-state index is 13.7. The highest BCUT2D eigenvalue weighted by Crippen LogP contribution is 2.64. The van der Waals surface area contributed by atoms with E-state index >= 15 is 0 Å². The van der Waals surface area contributed by atoms with Crippen molar-refractivity contribution in [2.24, 2.45) is 11.3 Å². The van der Waals surface area contributed by atoms with Crippen molar-refractivity contribution in [3.8, 4) is 0 Å². The molecule has 2 nitrogen and oxygen atoms in total. The predicted octanol–water partition coefficient (Wildman–Crippen LogP) is 2.96. The first-order valence-corrected chi connectivity index (χ1v) is 5.34. The molecule has 0 spiro atoms. The molecule has 1 saturated carbocycles. The van der Waals surface area contributed by atoms with Gasteiger partial charge in [0.2, 0.25) is 0 Å². The minimum atomic E-state index is -0.838. The molecule has 0 radical (unpaired) electrons. The molecular formula is C13H15FO2. The molecule has 3 heteroatoms. The standard InChI is InChI=1S/C13H15FO2/c1-7-4-5-8(9(14)6-7)10-11(12(15)16)13(10,2)3/h4-6,10-11H,1-3H3,(H,15,16)/t10-,11+/m1/s1. The average Bonchev–Trinajstić information content (AvgIpc) is 2.69. The highest BCUT2D eigenvalue weighted by Gasteiger charge is 2.63. The van der Waals surface area contributed by atoms with Gasteiger partial charge in [-0.05, 0) is 29.5 Å². The third kappa shape index (κ3) is 1.51. The maximum atomic E-state index is 13.7. The molecule has 1 aromatic rings. The van der Waals surface area contributed by atoms with Crippen LogP contribution in [-0.2, 0) is 4.79 Å². The third-order valence-corrected chi connectivity index (χ3v) is 3.58. The van der Waals surface area contributed by atoms with E-state index in [1.54, 1.807) is 6.07 Å². The number of benzene rings is 1. The van der Waals surface area contributed by atoms with E-state index in [9.17, 15) is 9.18 Å². The van der Waals surface area contributed by atoms with Crippen molar-refractivity contribution in [2.45, 2.75) is 26.7 Å². The molecule has 2 atom stereocenters. The second kappa shape index (κ2) is 3.30. The average molecular weight is 222 g/mol. The van der Waals surface area contributed by atoms with Crippen LogP contribution in [0.4, 0.5) is 4.39 Å². The van der Waals surface area contributed by atoms with Gasteiger partial charge in [0.25, 0.3) is 0 Å². The second-order valence-electron chi connectivity index (χ2n) is 5.14. The van der Waals surface area contributed by atoms with E-state index in [4.69, 9.17) is 5.11 Å². The zero-order valence-corrected chi connectivity index (χ0v) is 9.62. The zero-order chi connectivity index (χ0) is 12.1. The molecule has 0 aromatic heterocycles. The van der Waals surface area contributed by atoms with E-state index < -0.39 is 11.9 Å². The van der Waals surface area contributed by atoms with Gasteiger partial charge in [-0.25, -0.2) is 4.39 Å². The Labute approximate surface area is 94.1 Å². The van der Waals surface area contributed by atoms with Crippen LogP contribution in [0.3, 0.4) is 0 Å². The van der Waals surface area contributed by atoms with Crippen molar-refractivity contribution in [3.63, 3.8) is 0 Å². The topological polar surface area (TPSA) is 37.3 Å². The van der Waals surface area contributed by atoms with E-state index in [1.165, 1.54) is 6.07 Å². The lowest BCUT2D eigenvalue weighted by atomic mass is 10.0. The van der Waals surface area contributed by atoms with Crippen molar-refractivity contribution in [3.05, 3.63) is 35.1 Å². The molecule has 1 aliphatic rings. The van der Waals surface area contributed by atoms with Gasteiger partial charge in [0.05, 0.1) is 5.92 Å². The van der Waals surface area contributed by atoms with Gasteiger partial charge in [0.15, 0.2) is 0 Å². The number of rotatable bonds is 2. The fraction of sp³-hybridized carbons (Fsp3) is 0.462. The lowest BCUT2D eigenvalue weighted by molar-refractivity contribution is -0.139. The van der Waals surface area contributed by atoms with Crippen LogP contribution in [-0.4, -0.2) is 11.1 Å². The van der Waals surface area contributed by atoms with Gasteiger partial charge in [0.1, 0.15) is 5.82 Å². The number of hydrogen-bond donors (Lipinski definition) is 1. The number of aryl methyl sites for hydroxylation is 1. The molecule has 0 bridgehead atoms. The van der Waals surface area contributed by atoms with Crippen LogP contribution < -0.4 is 0 Å². The van der Waals surface area contributed by atoms with Crippen molar-refractivity contribution < 1.29 is 14.3 Å². The van der Waals surface area contributed by atoms with E-state index in [2.05, 4.69) is 0 Å². The van der Waals surface area contributed by atoms with Crippen LogP contribution in [0.5, 0.6) is 0 Å². The largest absolute Gasteiger partial charge is 0.481 e. The Morgan fingerprint density at radius 1 is 1.44 bits per heavy atom. The number of carboxylic acids is 1.